The molecule has 1 aromatic carbocycles. The molecule has 0 amide bonds. The summed E-state index contributed by atoms with van der Waals surface area (Å²) in [4.78, 5) is 8.44. The number of aromatic nitrogens is 3. The average Bonchev–Trinajstić information content (AvgIpc) is 3.09. The lowest BCUT2D eigenvalue weighted by molar-refractivity contribution is 0.216. The first-order valence-electron chi connectivity index (χ1n) is 8.94. The van der Waals surface area contributed by atoms with Gasteiger partial charge in [0.1, 0.15) is 10.6 Å². The molecular weight excluding hydrogens is 380 g/mol. The molecule has 1 aliphatic heterocycles. The predicted molar refractivity (Wildman–Crippen MR) is 100 cm³/mol. The molecule has 28 heavy (non-hydrogen) atoms. The van der Waals surface area contributed by atoms with Crippen molar-refractivity contribution in [2.45, 2.75) is 24.2 Å². The zero-order valence-corrected chi connectivity index (χ0v) is 16.2. The molecule has 0 aliphatic carbocycles. The molecule has 1 aliphatic rings. The van der Waals surface area contributed by atoms with E-state index in [-0.39, 0.29) is 10.8 Å². The number of rotatable bonds is 7. The average molecular weight is 400 g/mol. The molecule has 3 aromatic rings. The maximum Gasteiger partial charge on any atom is 0.244 e. The van der Waals surface area contributed by atoms with Gasteiger partial charge in [-0.3, -0.25) is 4.98 Å². The highest BCUT2D eigenvalue weighted by Crippen LogP contribution is 2.30. The maximum atomic E-state index is 12.5. The molecule has 0 unspecified atom stereocenters. The van der Waals surface area contributed by atoms with E-state index < -0.39 is 10.0 Å². The molecule has 1 saturated heterocycles. The third kappa shape index (κ3) is 3.90. The summed E-state index contributed by atoms with van der Waals surface area (Å²) in [6, 6.07) is 11.0. The molecule has 0 bridgehead atoms. The van der Waals surface area contributed by atoms with E-state index in [1.54, 1.807) is 12.3 Å². The number of hydrogen-bond acceptors (Lipinski definition) is 7. The number of pyridine rings is 1. The minimum absolute atomic E-state index is 0.0922. The zero-order valence-electron chi connectivity index (χ0n) is 15.4. The second kappa shape index (κ2) is 7.69. The summed E-state index contributed by atoms with van der Waals surface area (Å²) in [5.41, 5.74) is 1.13. The Morgan fingerprint density at radius 2 is 2.11 bits per heavy atom. The predicted octanol–water partition coefficient (Wildman–Crippen LogP) is 2.18. The third-order valence-electron chi connectivity index (χ3n) is 4.54. The van der Waals surface area contributed by atoms with Crippen LogP contribution in [0.5, 0.6) is 5.75 Å². The normalized spacial score (nSPS) is 15.3. The van der Waals surface area contributed by atoms with Gasteiger partial charge in [0.2, 0.25) is 15.9 Å². The fourth-order valence-corrected chi connectivity index (χ4v) is 4.43. The van der Waals surface area contributed by atoms with Gasteiger partial charge in [-0.1, -0.05) is 17.3 Å². The first kappa shape index (κ1) is 18.6. The fourth-order valence-electron chi connectivity index (χ4n) is 2.94. The third-order valence-corrected chi connectivity index (χ3v) is 6.35. The van der Waals surface area contributed by atoms with Gasteiger partial charge < -0.3 is 9.26 Å². The Balaban J connectivity index is 1.30. The highest BCUT2D eigenvalue weighted by atomic mass is 32.2. The topological polar surface area (TPSA) is 98.4 Å². The van der Waals surface area contributed by atoms with Crippen LogP contribution in [-0.2, 0) is 16.4 Å². The summed E-state index contributed by atoms with van der Waals surface area (Å²) in [7, 11) is -3.52. The second-order valence-electron chi connectivity index (χ2n) is 6.67. The van der Waals surface area contributed by atoms with Crippen LogP contribution in [0, 0.1) is 6.92 Å². The van der Waals surface area contributed by atoms with Gasteiger partial charge in [0.15, 0.2) is 5.82 Å². The molecule has 3 heterocycles. The summed E-state index contributed by atoms with van der Waals surface area (Å²) in [6.07, 6.45) is 3.41. The molecule has 4 rings (SSSR count). The second-order valence-corrected chi connectivity index (χ2v) is 8.61. The first-order chi connectivity index (χ1) is 13.5. The summed E-state index contributed by atoms with van der Waals surface area (Å²) in [5, 5.41) is 3.97. The number of benzene rings is 1. The highest BCUT2D eigenvalue weighted by molar-refractivity contribution is 7.89. The van der Waals surface area contributed by atoms with Crippen molar-refractivity contribution in [3.8, 4) is 5.75 Å². The van der Waals surface area contributed by atoms with Crippen LogP contribution in [0.15, 0.2) is 58.2 Å². The summed E-state index contributed by atoms with van der Waals surface area (Å²) < 4.78 is 37.4. The summed E-state index contributed by atoms with van der Waals surface area (Å²) >= 11 is 0. The zero-order chi connectivity index (χ0) is 19.6. The van der Waals surface area contributed by atoms with Gasteiger partial charge in [-0.25, -0.2) is 8.42 Å². The molecule has 8 nitrogen and oxygen atoms in total. The van der Waals surface area contributed by atoms with Crippen LogP contribution in [0.2, 0.25) is 0 Å². The minimum atomic E-state index is -3.52. The summed E-state index contributed by atoms with van der Waals surface area (Å²) in [6.45, 7) is 3.08. The van der Waals surface area contributed by atoms with Crippen molar-refractivity contribution < 1.29 is 17.7 Å². The molecule has 0 atom stereocenters. The standard InChI is InChI=1S/C19H20N4O4S/c1-14-4-2-5-16(10-14)26-9-7-18-21-19(27-22-18)15-12-23(13-15)28(24,25)17-6-3-8-20-11-17/h2-6,8,10-11,15H,7,9,12-13H2,1H3. The molecule has 0 saturated carbocycles. The largest absolute Gasteiger partial charge is 0.493 e. The number of hydrogen-bond donors (Lipinski definition) is 0. The van der Waals surface area contributed by atoms with Gasteiger partial charge in [-0.15, -0.1) is 0 Å². The van der Waals surface area contributed by atoms with Gasteiger partial charge in [-0.05, 0) is 36.8 Å². The summed E-state index contributed by atoms with van der Waals surface area (Å²) in [5.74, 6) is 1.73. The minimum Gasteiger partial charge on any atom is -0.493 e. The lowest BCUT2D eigenvalue weighted by Gasteiger charge is -2.35. The Labute approximate surface area is 163 Å². The molecule has 0 radical (unpaired) electrons. The number of aryl methyl sites for hydroxylation is 1. The van der Waals surface area contributed by atoms with Crippen LogP contribution in [0.3, 0.4) is 0 Å². The first-order valence-corrected chi connectivity index (χ1v) is 10.4. The van der Waals surface area contributed by atoms with Gasteiger partial charge in [-0.2, -0.15) is 9.29 Å². The van der Waals surface area contributed by atoms with Crippen LogP contribution in [0.1, 0.15) is 23.2 Å². The van der Waals surface area contributed by atoms with Gasteiger partial charge in [0.05, 0.1) is 12.5 Å². The Morgan fingerprint density at radius 1 is 1.25 bits per heavy atom. The molecule has 2 aromatic heterocycles. The maximum absolute atomic E-state index is 12.5. The van der Waals surface area contributed by atoms with E-state index >= 15 is 0 Å². The van der Waals surface area contributed by atoms with Crippen molar-refractivity contribution in [1.29, 1.82) is 0 Å². The van der Waals surface area contributed by atoms with E-state index in [4.69, 9.17) is 9.26 Å². The molecule has 1 fully saturated rings. The van der Waals surface area contributed by atoms with Gasteiger partial charge in [0.25, 0.3) is 0 Å². The fraction of sp³-hybridized carbons (Fsp3) is 0.316. The van der Waals surface area contributed by atoms with Crippen molar-refractivity contribution >= 4 is 10.0 Å². The highest BCUT2D eigenvalue weighted by Gasteiger charge is 2.40. The van der Waals surface area contributed by atoms with E-state index in [1.807, 2.05) is 31.2 Å². The lowest BCUT2D eigenvalue weighted by atomic mass is 10.0. The van der Waals surface area contributed by atoms with Crippen LogP contribution in [-0.4, -0.2) is 47.5 Å². The lowest BCUT2D eigenvalue weighted by Crippen LogP contribution is -2.48. The van der Waals surface area contributed by atoms with Gasteiger partial charge in [0, 0.05) is 31.9 Å². The Kier molecular flexibility index (Phi) is 5.10. The van der Waals surface area contributed by atoms with E-state index in [1.165, 1.54) is 16.6 Å². The van der Waals surface area contributed by atoms with Crippen LogP contribution in [0.4, 0.5) is 0 Å². The van der Waals surface area contributed by atoms with E-state index in [2.05, 4.69) is 15.1 Å². The van der Waals surface area contributed by atoms with Crippen molar-refractivity contribution in [1.82, 2.24) is 19.4 Å². The van der Waals surface area contributed by atoms with E-state index in [9.17, 15) is 8.42 Å². The molecule has 0 N–H and O–H groups in total. The van der Waals surface area contributed by atoms with Crippen LogP contribution < -0.4 is 4.74 Å². The van der Waals surface area contributed by atoms with Crippen molar-refractivity contribution in [2.75, 3.05) is 19.7 Å². The Morgan fingerprint density at radius 3 is 2.86 bits per heavy atom. The quantitative estimate of drug-likeness (QED) is 0.599. The SMILES string of the molecule is Cc1cccc(OCCc2noc(C3CN(S(=O)(=O)c4cccnc4)C3)n2)c1. The van der Waals surface area contributed by atoms with Crippen LogP contribution >= 0.6 is 0 Å². The van der Waals surface area contributed by atoms with E-state index in [0.29, 0.717) is 37.8 Å². The molecule has 9 heteroatoms. The van der Waals surface area contributed by atoms with Crippen LogP contribution in [0.25, 0.3) is 0 Å². The van der Waals surface area contributed by atoms with Crippen molar-refractivity contribution in [3.05, 3.63) is 66.1 Å². The number of ether oxygens (including phenoxy) is 1. The van der Waals surface area contributed by atoms with Crippen molar-refractivity contribution in [2.24, 2.45) is 0 Å². The van der Waals surface area contributed by atoms with E-state index in [0.717, 1.165) is 11.3 Å². The van der Waals surface area contributed by atoms with Crippen molar-refractivity contribution in [3.63, 3.8) is 0 Å². The molecule has 146 valence electrons. The Bertz CT molecular complexity index is 1050. The molecular formula is C19H20N4O4S. The van der Waals surface area contributed by atoms with Gasteiger partial charge >= 0.3 is 0 Å². The number of sulfonamides is 1. The Hall–Kier alpha value is -2.78. The molecule has 0 spiro atoms. The smallest absolute Gasteiger partial charge is 0.244 e. The number of nitrogens with zero attached hydrogens (tertiary/aromatic N) is 4. The monoisotopic (exact) mass is 400 g/mol.